The molecule has 2 aromatic rings. The van der Waals surface area contributed by atoms with Crippen LogP contribution in [0.2, 0.25) is 0 Å². The van der Waals surface area contributed by atoms with Gasteiger partial charge in [-0.1, -0.05) is 30.3 Å². The van der Waals surface area contributed by atoms with Crippen LogP contribution in [0.25, 0.3) is 0 Å². The van der Waals surface area contributed by atoms with Gasteiger partial charge in [-0.25, -0.2) is 13.2 Å². The van der Waals surface area contributed by atoms with E-state index in [2.05, 4.69) is 15.9 Å². The van der Waals surface area contributed by atoms with Crippen LogP contribution >= 0.6 is 15.9 Å². The van der Waals surface area contributed by atoms with Crippen LogP contribution in [-0.2, 0) is 14.8 Å². The van der Waals surface area contributed by atoms with Gasteiger partial charge in [0.25, 0.3) is 0 Å². The number of carbonyl (C=O) groups excluding carboxylic acids is 1. The standard InChI is InChI=1S/C18H20BrNO4S/c1-4-24-18(21)15-10-11-17(16(19)12-15)25(22,23)20(3)13(2)14-8-6-5-7-9-14/h5-13H,4H2,1-3H3/t13-/m0/s1. The molecule has 0 aliphatic rings. The van der Waals surface area contributed by atoms with Crippen LogP contribution in [0.5, 0.6) is 0 Å². The first-order chi connectivity index (χ1) is 11.8. The van der Waals surface area contributed by atoms with Crippen molar-refractivity contribution in [2.45, 2.75) is 24.8 Å². The Kier molecular flexibility index (Phi) is 6.37. The number of sulfonamides is 1. The minimum atomic E-state index is -3.74. The summed E-state index contributed by atoms with van der Waals surface area (Å²) in [6.07, 6.45) is 0. The van der Waals surface area contributed by atoms with Gasteiger partial charge in [-0.3, -0.25) is 0 Å². The molecule has 25 heavy (non-hydrogen) atoms. The Labute approximate surface area is 156 Å². The molecule has 0 amide bonds. The summed E-state index contributed by atoms with van der Waals surface area (Å²) in [4.78, 5) is 11.9. The van der Waals surface area contributed by atoms with Crippen molar-refractivity contribution in [3.63, 3.8) is 0 Å². The Morgan fingerprint density at radius 1 is 1.20 bits per heavy atom. The van der Waals surface area contributed by atoms with Gasteiger partial charge in [0.1, 0.15) is 0 Å². The van der Waals surface area contributed by atoms with E-state index in [-0.39, 0.29) is 17.5 Å². The van der Waals surface area contributed by atoms with Gasteiger partial charge in [-0.05, 0) is 53.5 Å². The average Bonchev–Trinajstić information content (AvgIpc) is 2.61. The van der Waals surface area contributed by atoms with Crippen LogP contribution < -0.4 is 0 Å². The summed E-state index contributed by atoms with van der Waals surface area (Å²) in [5.74, 6) is -0.488. The van der Waals surface area contributed by atoms with Gasteiger partial charge in [0.15, 0.2) is 0 Å². The van der Waals surface area contributed by atoms with Crippen molar-refractivity contribution in [3.05, 3.63) is 64.1 Å². The number of halogens is 1. The molecule has 134 valence electrons. The highest BCUT2D eigenvalue weighted by atomic mass is 79.9. The van der Waals surface area contributed by atoms with E-state index in [9.17, 15) is 13.2 Å². The van der Waals surface area contributed by atoms with Crippen LogP contribution in [0.15, 0.2) is 57.9 Å². The molecule has 0 heterocycles. The second-order valence-electron chi connectivity index (χ2n) is 5.47. The quantitative estimate of drug-likeness (QED) is 0.655. The maximum absolute atomic E-state index is 13.0. The molecule has 1 atom stereocenters. The molecule has 5 nitrogen and oxygen atoms in total. The van der Waals surface area contributed by atoms with E-state index in [1.165, 1.54) is 22.5 Å². The molecular formula is C18H20BrNO4S. The fourth-order valence-electron chi connectivity index (χ4n) is 2.36. The van der Waals surface area contributed by atoms with Gasteiger partial charge in [-0.15, -0.1) is 0 Å². The molecule has 0 aliphatic carbocycles. The first kappa shape index (κ1) is 19.6. The highest BCUT2D eigenvalue weighted by Crippen LogP contribution is 2.30. The summed E-state index contributed by atoms with van der Waals surface area (Å²) in [6, 6.07) is 13.4. The molecule has 0 aliphatic heterocycles. The topological polar surface area (TPSA) is 63.7 Å². The predicted octanol–water partition coefficient (Wildman–Crippen LogP) is 4.01. The van der Waals surface area contributed by atoms with Gasteiger partial charge >= 0.3 is 5.97 Å². The monoisotopic (exact) mass is 425 g/mol. The lowest BCUT2D eigenvalue weighted by Gasteiger charge is -2.25. The zero-order valence-electron chi connectivity index (χ0n) is 14.3. The fourth-order valence-corrected chi connectivity index (χ4v) is 4.74. The summed E-state index contributed by atoms with van der Waals surface area (Å²) in [7, 11) is -2.20. The predicted molar refractivity (Wildman–Crippen MR) is 99.9 cm³/mol. The Morgan fingerprint density at radius 2 is 1.84 bits per heavy atom. The SMILES string of the molecule is CCOC(=O)c1ccc(S(=O)(=O)N(C)[C@@H](C)c2ccccc2)c(Br)c1. The summed E-state index contributed by atoms with van der Waals surface area (Å²) in [6.45, 7) is 3.80. The zero-order valence-corrected chi connectivity index (χ0v) is 16.7. The summed E-state index contributed by atoms with van der Waals surface area (Å²) in [5, 5.41) is 0. The Hall–Kier alpha value is -1.70. The largest absolute Gasteiger partial charge is 0.462 e. The number of carbonyl (C=O) groups is 1. The zero-order chi connectivity index (χ0) is 18.6. The number of ether oxygens (including phenoxy) is 1. The van der Waals surface area contributed by atoms with Gasteiger partial charge in [0, 0.05) is 17.6 Å². The Morgan fingerprint density at radius 3 is 2.40 bits per heavy atom. The molecule has 7 heteroatoms. The van der Waals surface area contributed by atoms with Gasteiger partial charge in [-0.2, -0.15) is 4.31 Å². The number of rotatable bonds is 6. The van der Waals surface area contributed by atoms with Crippen molar-refractivity contribution in [2.24, 2.45) is 0 Å². The number of nitrogens with zero attached hydrogens (tertiary/aromatic N) is 1. The van der Waals surface area contributed by atoms with Crippen molar-refractivity contribution < 1.29 is 17.9 Å². The van der Waals surface area contributed by atoms with Crippen LogP contribution in [0.4, 0.5) is 0 Å². The van der Waals surface area contributed by atoms with Crippen molar-refractivity contribution in [3.8, 4) is 0 Å². The minimum absolute atomic E-state index is 0.103. The molecule has 0 saturated heterocycles. The van der Waals surface area contributed by atoms with Crippen molar-refractivity contribution in [1.82, 2.24) is 4.31 Å². The van der Waals surface area contributed by atoms with Crippen LogP contribution in [-0.4, -0.2) is 32.3 Å². The third-order valence-corrected chi connectivity index (χ3v) is 6.83. The van der Waals surface area contributed by atoms with Crippen molar-refractivity contribution in [1.29, 1.82) is 0 Å². The molecule has 0 spiro atoms. The van der Waals surface area contributed by atoms with Crippen LogP contribution in [0.1, 0.15) is 35.8 Å². The first-order valence-corrected chi connectivity index (χ1v) is 10.0. The van der Waals surface area contributed by atoms with Gasteiger partial charge in [0.2, 0.25) is 10.0 Å². The second kappa shape index (κ2) is 8.12. The maximum Gasteiger partial charge on any atom is 0.338 e. The van der Waals surface area contributed by atoms with Gasteiger partial charge < -0.3 is 4.74 Å². The number of benzene rings is 2. The molecule has 2 rings (SSSR count). The van der Waals surface area contributed by atoms with E-state index in [1.54, 1.807) is 14.0 Å². The maximum atomic E-state index is 13.0. The average molecular weight is 426 g/mol. The third kappa shape index (κ3) is 4.29. The molecular weight excluding hydrogens is 406 g/mol. The van der Waals surface area contributed by atoms with E-state index < -0.39 is 16.0 Å². The van der Waals surface area contributed by atoms with Crippen LogP contribution in [0.3, 0.4) is 0 Å². The fraction of sp³-hybridized carbons (Fsp3) is 0.278. The molecule has 0 saturated carbocycles. The molecule has 0 radical (unpaired) electrons. The van der Waals surface area contributed by atoms with E-state index in [0.717, 1.165) is 5.56 Å². The van der Waals surface area contributed by atoms with E-state index in [0.29, 0.717) is 10.0 Å². The number of hydrogen-bond acceptors (Lipinski definition) is 4. The van der Waals surface area contributed by atoms with Crippen molar-refractivity contribution >= 4 is 31.9 Å². The normalized spacial score (nSPS) is 12.8. The number of hydrogen-bond donors (Lipinski definition) is 0. The minimum Gasteiger partial charge on any atom is -0.462 e. The highest BCUT2D eigenvalue weighted by molar-refractivity contribution is 9.10. The second-order valence-corrected chi connectivity index (χ2v) is 8.29. The third-order valence-electron chi connectivity index (χ3n) is 3.93. The lowest BCUT2D eigenvalue weighted by Crippen LogP contribution is -2.30. The summed E-state index contributed by atoms with van der Waals surface area (Å²) < 4.78 is 32.5. The van der Waals surface area contributed by atoms with E-state index in [4.69, 9.17) is 4.74 Å². The molecule has 0 fully saturated rings. The lowest BCUT2D eigenvalue weighted by molar-refractivity contribution is 0.0526. The molecule has 0 unspecified atom stereocenters. The summed E-state index contributed by atoms with van der Waals surface area (Å²) >= 11 is 3.26. The molecule has 0 aromatic heterocycles. The van der Waals surface area contributed by atoms with E-state index >= 15 is 0 Å². The highest BCUT2D eigenvalue weighted by Gasteiger charge is 2.28. The van der Waals surface area contributed by atoms with Crippen LogP contribution in [0, 0.1) is 0 Å². The first-order valence-electron chi connectivity index (χ1n) is 7.78. The smallest absolute Gasteiger partial charge is 0.338 e. The van der Waals surface area contributed by atoms with E-state index in [1.807, 2.05) is 37.3 Å². The Balaban J connectivity index is 2.34. The number of esters is 1. The lowest BCUT2D eigenvalue weighted by atomic mass is 10.1. The van der Waals surface area contributed by atoms with Crippen molar-refractivity contribution in [2.75, 3.05) is 13.7 Å². The van der Waals surface area contributed by atoms with Gasteiger partial charge in [0.05, 0.1) is 17.1 Å². The summed E-state index contributed by atoms with van der Waals surface area (Å²) in [5.41, 5.74) is 1.19. The molecule has 0 N–H and O–H groups in total. The molecule has 0 bridgehead atoms. The molecule has 2 aromatic carbocycles. The Bertz CT molecular complexity index is 853.